The molecule has 0 aromatic heterocycles. The van der Waals surface area contributed by atoms with E-state index in [-0.39, 0.29) is 12.1 Å². The van der Waals surface area contributed by atoms with Crippen molar-refractivity contribution in [1.29, 1.82) is 0 Å². The number of hydrogen-bond donors (Lipinski definition) is 1. The number of urea groups is 1. The summed E-state index contributed by atoms with van der Waals surface area (Å²) in [5.41, 5.74) is 8.73. The molecule has 0 saturated carbocycles. The maximum absolute atomic E-state index is 12.7. The highest BCUT2D eigenvalue weighted by atomic mass is 16.6. The van der Waals surface area contributed by atoms with Crippen molar-refractivity contribution in [2.24, 2.45) is 5.73 Å². The van der Waals surface area contributed by atoms with Gasteiger partial charge in [0.25, 0.3) is 5.69 Å². The second-order valence-electron chi connectivity index (χ2n) is 7.15. The zero-order valence-corrected chi connectivity index (χ0v) is 16.4. The van der Waals surface area contributed by atoms with Gasteiger partial charge in [0.2, 0.25) is 0 Å². The van der Waals surface area contributed by atoms with Crippen LogP contribution in [0.5, 0.6) is 0 Å². The molecule has 0 aliphatic carbocycles. The first-order chi connectivity index (χ1) is 14.9. The van der Waals surface area contributed by atoms with E-state index in [1.165, 1.54) is 23.1 Å². The number of nitrogens with zero attached hydrogens (tertiary/aromatic N) is 2. The molecule has 3 aromatic rings. The highest BCUT2D eigenvalue weighted by Crippen LogP contribution is 2.41. The van der Waals surface area contributed by atoms with Crippen LogP contribution in [0, 0.1) is 10.1 Å². The Labute approximate surface area is 178 Å². The Morgan fingerprint density at radius 3 is 2.48 bits per heavy atom. The van der Waals surface area contributed by atoms with Crippen LogP contribution in [0.4, 0.5) is 21.9 Å². The molecule has 8 heteroatoms. The average molecular weight is 417 g/mol. The number of amides is 2. The fourth-order valence-electron chi connectivity index (χ4n) is 3.79. The molecular formula is C23H19N3O5. The van der Waals surface area contributed by atoms with Crippen LogP contribution in [0.1, 0.15) is 22.8 Å². The molecule has 31 heavy (non-hydrogen) atoms. The molecule has 0 bridgehead atoms. The van der Waals surface area contributed by atoms with Gasteiger partial charge in [-0.25, -0.2) is 4.79 Å². The molecule has 0 spiro atoms. The van der Waals surface area contributed by atoms with Crippen molar-refractivity contribution in [2.45, 2.75) is 18.9 Å². The van der Waals surface area contributed by atoms with Gasteiger partial charge in [-0.05, 0) is 23.3 Å². The smallest absolute Gasteiger partial charge is 0.323 e. The highest BCUT2D eigenvalue weighted by molar-refractivity contribution is 6.00. The summed E-state index contributed by atoms with van der Waals surface area (Å²) in [5, 5.41) is 11.0. The standard InChI is InChI=1S/C23H19N3O5/c24-23(28)25-19-10-3-1-7-16(19)14-21(18-9-2-4-11-20(18)25)31-22(27)13-15-6-5-8-17(12-15)26(29)30/h1-12,21H,13-14H2,(H2,24,28). The highest BCUT2D eigenvalue weighted by Gasteiger charge is 2.31. The fourth-order valence-corrected chi connectivity index (χ4v) is 3.79. The lowest BCUT2D eigenvalue weighted by atomic mass is 10.0. The molecule has 1 atom stereocenters. The first-order valence-corrected chi connectivity index (χ1v) is 9.63. The number of primary amides is 1. The van der Waals surface area contributed by atoms with Crippen molar-refractivity contribution in [2.75, 3.05) is 4.90 Å². The monoisotopic (exact) mass is 417 g/mol. The summed E-state index contributed by atoms with van der Waals surface area (Å²) in [6, 6.07) is 19.7. The van der Waals surface area contributed by atoms with Gasteiger partial charge in [-0.1, -0.05) is 48.5 Å². The summed E-state index contributed by atoms with van der Waals surface area (Å²) in [6.07, 6.45) is -0.396. The van der Waals surface area contributed by atoms with Gasteiger partial charge in [0.05, 0.1) is 22.7 Å². The minimum absolute atomic E-state index is 0.0869. The Hall–Kier alpha value is -4.20. The third kappa shape index (κ3) is 4.09. The maximum Gasteiger partial charge on any atom is 0.323 e. The van der Waals surface area contributed by atoms with Crippen molar-refractivity contribution in [3.8, 4) is 0 Å². The van der Waals surface area contributed by atoms with Crippen molar-refractivity contribution in [1.82, 2.24) is 0 Å². The molecule has 1 aliphatic rings. The number of carbonyl (C=O) groups excluding carboxylic acids is 2. The number of hydrogen-bond acceptors (Lipinski definition) is 5. The van der Waals surface area contributed by atoms with Crippen LogP contribution in [0.3, 0.4) is 0 Å². The molecule has 1 unspecified atom stereocenters. The zero-order chi connectivity index (χ0) is 22.0. The lowest BCUT2D eigenvalue weighted by Crippen LogP contribution is -2.32. The Bertz CT molecular complexity index is 1180. The number of carbonyl (C=O) groups is 2. The molecule has 1 aliphatic heterocycles. The Morgan fingerprint density at radius 1 is 1.03 bits per heavy atom. The first-order valence-electron chi connectivity index (χ1n) is 9.63. The van der Waals surface area contributed by atoms with Gasteiger partial charge in [-0.3, -0.25) is 19.8 Å². The summed E-state index contributed by atoms with van der Waals surface area (Å²) >= 11 is 0. The van der Waals surface area contributed by atoms with E-state index >= 15 is 0 Å². The van der Waals surface area contributed by atoms with Gasteiger partial charge in [0.1, 0.15) is 6.10 Å². The second-order valence-corrected chi connectivity index (χ2v) is 7.15. The van der Waals surface area contributed by atoms with E-state index in [1.807, 2.05) is 18.2 Å². The van der Waals surface area contributed by atoms with Crippen LogP contribution in [0.15, 0.2) is 72.8 Å². The predicted octanol–water partition coefficient (Wildman–Crippen LogP) is 4.19. The number of non-ortho nitro benzene ring substituents is 1. The van der Waals surface area contributed by atoms with Crippen LogP contribution in [0.25, 0.3) is 0 Å². The lowest BCUT2D eigenvalue weighted by Gasteiger charge is -2.23. The second kappa shape index (κ2) is 8.27. The summed E-state index contributed by atoms with van der Waals surface area (Å²) in [7, 11) is 0. The van der Waals surface area contributed by atoms with Crippen LogP contribution in [-0.4, -0.2) is 16.9 Å². The summed E-state index contributed by atoms with van der Waals surface area (Å²) in [4.78, 5) is 36.9. The number of benzene rings is 3. The summed E-state index contributed by atoms with van der Waals surface area (Å²) in [5.74, 6) is -0.523. The number of ether oxygens (including phenoxy) is 1. The van der Waals surface area contributed by atoms with E-state index in [2.05, 4.69) is 0 Å². The van der Waals surface area contributed by atoms with Crippen LogP contribution in [-0.2, 0) is 22.4 Å². The van der Waals surface area contributed by atoms with E-state index in [4.69, 9.17) is 10.5 Å². The van der Waals surface area contributed by atoms with Crippen LogP contribution >= 0.6 is 0 Å². The quantitative estimate of drug-likeness (QED) is 0.388. The van der Waals surface area contributed by atoms with E-state index in [0.717, 1.165) is 5.56 Å². The molecule has 0 saturated heterocycles. The van der Waals surface area contributed by atoms with Gasteiger partial charge in [0.15, 0.2) is 0 Å². The van der Waals surface area contributed by atoms with Crippen molar-refractivity contribution in [3.05, 3.63) is 99.6 Å². The third-order valence-electron chi connectivity index (χ3n) is 5.13. The third-order valence-corrected chi connectivity index (χ3v) is 5.13. The number of para-hydroxylation sites is 2. The van der Waals surface area contributed by atoms with E-state index in [9.17, 15) is 19.7 Å². The van der Waals surface area contributed by atoms with E-state index < -0.39 is 23.0 Å². The van der Waals surface area contributed by atoms with Crippen molar-refractivity contribution >= 4 is 29.1 Å². The molecule has 2 amide bonds. The topological polar surface area (TPSA) is 116 Å². The van der Waals surface area contributed by atoms with Gasteiger partial charge < -0.3 is 10.5 Å². The SMILES string of the molecule is NC(=O)N1c2ccccc2CC(OC(=O)Cc2cccc([N+](=O)[O-])c2)c2ccccc21. The molecule has 0 fully saturated rings. The molecule has 156 valence electrons. The van der Waals surface area contributed by atoms with Gasteiger partial charge in [-0.2, -0.15) is 0 Å². The minimum Gasteiger partial charge on any atom is -0.457 e. The Morgan fingerprint density at radius 2 is 1.74 bits per heavy atom. The predicted molar refractivity (Wildman–Crippen MR) is 114 cm³/mol. The van der Waals surface area contributed by atoms with Crippen LogP contribution in [0.2, 0.25) is 0 Å². The largest absolute Gasteiger partial charge is 0.457 e. The van der Waals surface area contributed by atoms with Crippen LogP contribution < -0.4 is 10.6 Å². The first kappa shape index (κ1) is 20.1. The zero-order valence-electron chi connectivity index (χ0n) is 16.4. The number of esters is 1. The van der Waals surface area contributed by atoms with E-state index in [1.54, 1.807) is 36.4 Å². The molecule has 8 nitrogen and oxygen atoms in total. The summed E-state index contributed by atoms with van der Waals surface area (Å²) < 4.78 is 5.80. The minimum atomic E-state index is -0.645. The average Bonchev–Trinajstić information content (AvgIpc) is 2.88. The molecule has 3 aromatic carbocycles. The molecule has 1 heterocycles. The number of nitro groups is 1. The molecular weight excluding hydrogens is 398 g/mol. The molecule has 0 radical (unpaired) electrons. The van der Waals surface area contributed by atoms with Gasteiger partial charge >= 0.3 is 12.0 Å². The number of nitrogens with two attached hydrogens (primary N) is 1. The van der Waals surface area contributed by atoms with Gasteiger partial charge in [0, 0.05) is 24.1 Å². The van der Waals surface area contributed by atoms with E-state index in [0.29, 0.717) is 28.9 Å². The Balaban J connectivity index is 1.66. The number of fused-ring (bicyclic) bond motifs is 2. The number of anilines is 2. The normalized spacial score (nSPS) is 14.7. The Kier molecular flexibility index (Phi) is 5.36. The molecule has 2 N–H and O–H groups in total. The fraction of sp³-hybridized carbons (Fsp3) is 0.130. The van der Waals surface area contributed by atoms with Crippen molar-refractivity contribution < 1.29 is 19.2 Å². The lowest BCUT2D eigenvalue weighted by molar-refractivity contribution is -0.384. The number of rotatable bonds is 4. The van der Waals surface area contributed by atoms with Crippen molar-refractivity contribution in [3.63, 3.8) is 0 Å². The maximum atomic E-state index is 12.7. The van der Waals surface area contributed by atoms with Gasteiger partial charge in [-0.15, -0.1) is 0 Å². The molecule has 4 rings (SSSR count). The summed E-state index contributed by atoms with van der Waals surface area (Å²) in [6.45, 7) is 0. The number of nitro benzene ring substituents is 1.